The summed E-state index contributed by atoms with van der Waals surface area (Å²) in [6.45, 7) is 6.65. The zero-order valence-corrected chi connectivity index (χ0v) is 6.89. The molecule has 0 fully saturated rings. The Hall–Kier alpha value is -0.870. The zero-order chi connectivity index (χ0) is 9.07. The van der Waals surface area contributed by atoms with E-state index in [1.54, 1.807) is 6.92 Å². The summed E-state index contributed by atoms with van der Waals surface area (Å²) < 4.78 is 4.67. The van der Waals surface area contributed by atoms with E-state index < -0.39 is 11.8 Å². The summed E-state index contributed by atoms with van der Waals surface area (Å²) in [5.74, 6) is -1.92. The smallest absolute Gasteiger partial charge is 0.335 e. The van der Waals surface area contributed by atoms with Gasteiger partial charge in [0, 0.05) is 12.0 Å². The molecule has 0 aliphatic carbocycles. The van der Waals surface area contributed by atoms with Crippen LogP contribution in [0, 0.1) is 0 Å². The summed E-state index contributed by atoms with van der Waals surface area (Å²) in [6.07, 6.45) is 0.367. The molecule has 0 atom stereocenters. The van der Waals surface area contributed by atoms with E-state index >= 15 is 0 Å². The molecule has 0 aromatic rings. The SMILES string of the molecule is C=C(C)C(=O)OC(N)(N)CC. The van der Waals surface area contributed by atoms with E-state index in [-0.39, 0.29) is 0 Å². The van der Waals surface area contributed by atoms with Gasteiger partial charge in [0.05, 0.1) is 0 Å². The zero-order valence-electron chi connectivity index (χ0n) is 6.89. The molecule has 0 amide bonds. The number of nitrogens with two attached hydrogens (primary N) is 2. The Balaban J connectivity index is 4.04. The predicted molar refractivity (Wildman–Crippen MR) is 42.3 cm³/mol. The molecule has 0 radical (unpaired) electrons. The van der Waals surface area contributed by atoms with Crippen LogP contribution in [0.4, 0.5) is 0 Å². The summed E-state index contributed by atoms with van der Waals surface area (Å²) in [5, 5.41) is 0. The normalized spacial score (nSPS) is 10.9. The number of ether oxygens (including phenoxy) is 1. The highest BCUT2D eigenvalue weighted by molar-refractivity contribution is 5.87. The Labute approximate surface area is 66.2 Å². The summed E-state index contributed by atoms with van der Waals surface area (Å²) in [7, 11) is 0. The van der Waals surface area contributed by atoms with E-state index in [4.69, 9.17) is 11.5 Å². The first kappa shape index (κ1) is 10.1. The van der Waals surface area contributed by atoms with Gasteiger partial charge in [-0.3, -0.25) is 11.5 Å². The Morgan fingerprint density at radius 3 is 2.36 bits per heavy atom. The third-order valence-electron chi connectivity index (χ3n) is 1.18. The van der Waals surface area contributed by atoms with E-state index in [1.807, 2.05) is 0 Å². The molecule has 0 bridgehead atoms. The van der Waals surface area contributed by atoms with Crippen molar-refractivity contribution in [2.45, 2.75) is 26.1 Å². The first-order valence-electron chi connectivity index (χ1n) is 3.35. The summed E-state index contributed by atoms with van der Waals surface area (Å²) in [6, 6.07) is 0. The van der Waals surface area contributed by atoms with Gasteiger partial charge in [0.15, 0.2) is 0 Å². The molecule has 64 valence electrons. The molecule has 4 N–H and O–H groups in total. The minimum absolute atomic E-state index is 0.290. The Bertz CT molecular complexity index is 175. The third kappa shape index (κ3) is 3.75. The molecule has 4 heteroatoms. The van der Waals surface area contributed by atoms with E-state index in [9.17, 15) is 4.79 Å². The van der Waals surface area contributed by atoms with Gasteiger partial charge in [0.2, 0.25) is 5.85 Å². The highest BCUT2D eigenvalue weighted by atomic mass is 16.6. The number of carbonyl (C=O) groups excluding carboxylic acids is 1. The Kier molecular flexibility index (Phi) is 3.22. The van der Waals surface area contributed by atoms with E-state index in [2.05, 4.69) is 11.3 Å². The van der Waals surface area contributed by atoms with Crippen molar-refractivity contribution in [3.05, 3.63) is 12.2 Å². The molecule has 0 aromatic carbocycles. The molecule has 4 nitrogen and oxygen atoms in total. The minimum atomic E-state index is -1.37. The maximum Gasteiger partial charge on any atom is 0.335 e. The molecule has 0 unspecified atom stereocenters. The standard InChI is InChI=1S/C7H14N2O2/c1-4-7(8,9)11-6(10)5(2)3/h2,4,8-9H2,1,3H3. The second-order valence-corrected chi connectivity index (χ2v) is 2.48. The van der Waals surface area contributed by atoms with E-state index in [0.717, 1.165) is 0 Å². The van der Waals surface area contributed by atoms with Crippen molar-refractivity contribution in [1.29, 1.82) is 0 Å². The van der Waals surface area contributed by atoms with Crippen LogP contribution in [-0.4, -0.2) is 11.8 Å². The van der Waals surface area contributed by atoms with Gasteiger partial charge in [-0.1, -0.05) is 13.5 Å². The molecule has 0 saturated carbocycles. The molecular formula is C7H14N2O2. The van der Waals surface area contributed by atoms with Gasteiger partial charge in [0.25, 0.3) is 0 Å². The van der Waals surface area contributed by atoms with E-state index in [1.165, 1.54) is 6.92 Å². The highest BCUT2D eigenvalue weighted by Gasteiger charge is 2.21. The first-order chi connectivity index (χ1) is 4.89. The number of hydrogen-bond donors (Lipinski definition) is 2. The average Bonchev–Trinajstić information content (AvgIpc) is 1.87. The molecule has 0 rings (SSSR count). The van der Waals surface area contributed by atoms with Crippen molar-refractivity contribution in [1.82, 2.24) is 0 Å². The van der Waals surface area contributed by atoms with Crippen molar-refractivity contribution >= 4 is 5.97 Å². The number of esters is 1. The fourth-order valence-electron chi connectivity index (χ4n) is 0.332. The van der Waals surface area contributed by atoms with Crippen molar-refractivity contribution in [3.8, 4) is 0 Å². The molecule has 0 saturated heterocycles. The van der Waals surface area contributed by atoms with Gasteiger partial charge in [-0.05, 0) is 6.92 Å². The molecule has 0 aromatic heterocycles. The van der Waals surface area contributed by atoms with Crippen LogP contribution in [0.25, 0.3) is 0 Å². The van der Waals surface area contributed by atoms with Crippen LogP contribution >= 0.6 is 0 Å². The summed E-state index contributed by atoms with van der Waals surface area (Å²) in [5.41, 5.74) is 11.0. The van der Waals surface area contributed by atoms with Gasteiger partial charge in [-0.15, -0.1) is 0 Å². The molecule has 0 spiro atoms. The van der Waals surface area contributed by atoms with Gasteiger partial charge in [0.1, 0.15) is 0 Å². The quantitative estimate of drug-likeness (QED) is 0.346. The maximum absolute atomic E-state index is 10.8. The van der Waals surface area contributed by atoms with Gasteiger partial charge in [-0.2, -0.15) is 0 Å². The average molecular weight is 158 g/mol. The maximum atomic E-state index is 10.8. The fourth-order valence-corrected chi connectivity index (χ4v) is 0.332. The molecular weight excluding hydrogens is 144 g/mol. The van der Waals surface area contributed by atoms with Crippen LogP contribution in [0.5, 0.6) is 0 Å². The molecule has 11 heavy (non-hydrogen) atoms. The van der Waals surface area contributed by atoms with Crippen LogP contribution in [0.2, 0.25) is 0 Å². The van der Waals surface area contributed by atoms with Gasteiger partial charge >= 0.3 is 5.97 Å². The van der Waals surface area contributed by atoms with Crippen molar-refractivity contribution in [2.75, 3.05) is 0 Å². The lowest BCUT2D eigenvalue weighted by molar-refractivity contribution is -0.154. The fraction of sp³-hybridized carbons (Fsp3) is 0.571. The van der Waals surface area contributed by atoms with Crippen LogP contribution in [0.1, 0.15) is 20.3 Å². The van der Waals surface area contributed by atoms with Crippen molar-refractivity contribution in [2.24, 2.45) is 11.5 Å². The highest BCUT2D eigenvalue weighted by Crippen LogP contribution is 2.03. The van der Waals surface area contributed by atoms with Crippen molar-refractivity contribution in [3.63, 3.8) is 0 Å². The van der Waals surface area contributed by atoms with Crippen LogP contribution < -0.4 is 11.5 Å². The number of hydrogen-bond acceptors (Lipinski definition) is 4. The lowest BCUT2D eigenvalue weighted by Gasteiger charge is -2.22. The Morgan fingerprint density at radius 1 is 1.64 bits per heavy atom. The predicted octanol–water partition coefficient (Wildman–Crippen LogP) is 0.0869. The summed E-state index contributed by atoms with van der Waals surface area (Å²) in [4.78, 5) is 10.8. The first-order valence-corrected chi connectivity index (χ1v) is 3.35. The molecule has 0 heterocycles. The van der Waals surface area contributed by atoms with Crippen LogP contribution in [-0.2, 0) is 9.53 Å². The second kappa shape index (κ2) is 3.50. The van der Waals surface area contributed by atoms with Crippen LogP contribution in [0.3, 0.4) is 0 Å². The third-order valence-corrected chi connectivity index (χ3v) is 1.18. The Morgan fingerprint density at radius 2 is 2.09 bits per heavy atom. The lowest BCUT2D eigenvalue weighted by Crippen LogP contribution is -2.52. The minimum Gasteiger partial charge on any atom is -0.427 e. The van der Waals surface area contributed by atoms with Crippen LogP contribution in [0.15, 0.2) is 12.2 Å². The monoisotopic (exact) mass is 158 g/mol. The largest absolute Gasteiger partial charge is 0.427 e. The molecule has 0 aliphatic rings. The molecule has 0 aliphatic heterocycles. The second-order valence-electron chi connectivity index (χ2n) is 2.48. The van der Waals surface area contributed by atoms with Crippen molar-refractivity contribution < 1.29 is 9.53 Å². The topological polar surface area (TPSA) is 78.3 Å². The summed E-state index contributed by atoms with van der Waals surface area (Å²) >= 11 is 0. The lowest BCUT2D eigenvalue weighted by atomic mass is 10.3. The van der Waals surface area contributed by atoms with Gasteiger partial charge in [-0.25, -0.2) is 4.79 Å². The number of rotatable bonds is 3. The van der Waals surface area contributed by atoms with E-state index in [0.29, 0.717) is 12.0 Å². The van der Waals surface area contributed by atoms with Gasteiger partial charge < -0.3 is 4.74 Å². The number of carbonyl (C=O) groups is 1.